The summed E-state index contributed by atoms with van der Waals surface area (Å²) in [5.74, 6) is 0.0916. The Hall–Kier alpha value is -1.55. The van der Waals surface area contributed by atoms with Crippen molar-refractivity contribution >= 4 is 11.5 Å². The van der Waals surface area contributed by atoms with Crippen LogP contribution < -0.4 is 10.6 Å². The van der Waals surface area contributed by atoms with Crippen molar-refractivity contribution in [3.05, 3.63) is 29.8 Å². The molecule has 4 heteroatoms. The molecule has 0 bridgehead atoms. The smallest absolute Gasteiger partial charge is 0.122 e. The highest BCUT2D eigenvalue weighted by Crippen LogP contribution is 2.24. The number of piperidine rings is 1. The molecular weight excluding hydrogens is 214 g/mol. The van der Waals surface area contributed by atoms with E-state index in [1.54, 1.807) is 0 Å². The molecule has 17 heavy (non-hydrogen) atoms. The lowest BCUT2D eigenvalue weighted by Gasteiger charge is -2.36. The first-order chi connectivity index (χ1) is 8.22. The number of aliphatic hydroxyl groups is 1. The Morgan fingerprint density at radius 3 is 2.65 bits per heavy atom. The molecule has 4 nitrogen and oxygen atoms in total. The van der Waals surface area contributed by atoms with Gasteiger partial charge in [0.25, 0.3) is 0 Å². The number of hydrogen-bond acceptors (Lipinski definition) is 3. The normalized spacial score (nSPS) is 20.3. The van der Waals surface area contributed by atoms with Gasteiger partial charge in [-0.15, -0.1) is 0 Å². The summed E-state index contributed by atoms with van der Waals surface area (Å²) in [4.78, 5) is 2.24. The van der Waals surface area contributed by atoms with Gasteiger partial charge in [-0.05, 0) is 43.5 Å². The minimum atomic E-state index is 0.0916. The molecule has 4 N–H and O–H groups in total. The van der Waals surface area contributed by atoms with Gasteiger partial charge in [-0.2, -0.15) is 0 Å². The molecule has 1 aliphatic heterocycles. The van der Waals surface area contributed by atoms with Gasteiger partial charge in [0.05, 0.1) is 12.6 Å². The summed E-state index contributed by atoms with van der Waals surface area (Å²) < 4.78 is 0. The third kappa shape index (κ3) is 2.58. The van der Waals surface area contributed by atoms with Gasteiger partial charge in [-0.25, -0.2) is 0 Å². The van der Waals surface area contributed by atoms with Crippen LogP contribution in [0.25, 0.3) is 0 Å². The number of aliphatic hydroxyl groups excluding tert-OH is 1. The summed E-state index contributed by atoms with van der Waals surface area (Å²) in [5.41, 5.74) is 7.27. The zero-order chi connectivity index (χ0) is 12.3. The number of anilines is 1. The van der Waals surface area contributed by atoms with Crippen molar-refractivity contribution in [1.82, 2.24) is 0 Å². The summed E-state index contributed by atoms with van der Waals surface area (Å²) in [6, 6.07) is 7.91. The summed E-state index contributed by atoms with van der Waals surface area (Å²) in [7, 11) is 0. The predicted molar refractivity (Wildman–Crippen MR) is 69.5 cm³/mol. The number of amidine groups is 1. The summed E-state index contributed by atoms with van der Waals surface area (Å²) in [6.45, 7) is 1.19. The first-order valence-corrected chi connectivity index (χ1v) is 6.04. The maximum Gasteiger partial charge on any atom is 0.122 e. The molecule has 1 atom stereocenters. The molecule has 1 heterocycles. The summed E-state index contributed by atoms with van der Waals surface area (Å²) >= 11 is 0. The molecule has 1 aromatic rings. The van der Waals surface area contributed by atoms with E-state index in [0.717, 1.165) is 24.2 Å². The first kappa shape index (κ1) is 11.9. The average molecular weight is 233 g/mol. The number of nitrogens with zero attached hydrogens (tertiary/aromatic N) is 1. The van der Waals surface area contributed by atoms with Crippen molar-refractivity contribution in [3.8, 4) is 0 Å². The molecule has 0 saturated carbocycles. The van der Waals surface area contributed by atoms with Crippen molar-refractivity contribution in [2.24, 2.45) is 5.73 Å². The van der Waals surface area contributed by atoms with Crippen LogP contribution in [0.15, 0.2) is 24.3 Å². The second-order valence-corrected chi connectivity index (χ2v) is 4.49. The summed E-state index contributed by atoms with van der Waals surface area (Å²) in [6.07, 6.45) is 3.41. The van der Waals surface area contributed by atoms with Crippen molar-refractivity contribution in [2.75, 3.05) is 18.1 Å². The van der Waals surface area contributed by atoms with E-state index in [2.05, 4.69) is 4.90 Å². The van der Waals surface area contributed by atoms with Crippen molar-refractivity contribution < 1.29 is 5.11 Å². The predicted octanol–water partition coefficient (Wildman–Crippen LogP) is 1.32. The Kier molecular flexibility index (Phi) is 3.64. The molecule has 1 fully saturated rings. The van der Waals surface area contributed by atoms with Crippen LogP contribution in [0.5, 0.6) is 0 Å². The minimum Gasteiger partial charge on any atom is -0.394 e. The van der Waals surface area contributed by atoms with Crippen LogP contribution in [0.3, 0.4) is 0 Å². The third-order valence-electron chi connectivity index (χ3n) is 3.35. The molecule has 0 radical (unpaired) electrons. The Balaban J connectivity index is 2.17. The van der Waals surface area contributed by atoms with E-state index in [0.29, 0.717) is 0 Å². The molecule has 0 amide bonds. The van der Waals surface area contributed by atoms with Gasteiger partial charge >= 0.3 is 0 Å². The van der Waals surface area contributed by atoms with Crippen molar-refractivity contribution in [3.63, 3.8) is 0 Å². The van der Waals surface area contributed by atoms with Crippen molar-refractivity contribution in [1.29, 1.82) is 5.41 Å². The Morgan fingerprint density at radius 2 is 2.06 bits per heavy atom. The van der Waals surface area contributed by atoms with Gasteiger partial charge in [0, 0.05) is 17.8 Å². The average Bonchev–Trinajstić information content (AvgIpc) is 2.39. The van der Waals surface area contributed by atoms with Crippen molar-refractivity contribution in [2.45, 2.75) is 25.3 Å². The van der Waals surface area contributed by atoms with Crippen LogP contribution in [0.2, 0.25) is 0 Å². The van der Waals surface area contributed by atoms with E-state index in [1.165, 1.54) is 12.8 Å². The quantitative estimate of drug-likeness (QED) is 0.544. The monoisotopic (exact) mass is 233 g/mol. The largest absolute Gasteiger partial charge is 0.394 e. The van der Waals surface area contributed by atoms with Gasteiger partial charge in [0.2, 0.25) is 0 Å². The van der Waals surface area contributed by atoms with E-state index >= 15 is 0 Å². The van der Waals surface area contributed by atoms with E-state index < -0.39 is 0 Å². The Labute approximate surface area is 102 Å². The SMILES string of the molecule is N=C(N)c1ccc(N2CCCCC2CO)cc1. The fourth-order valence-corrected chi connectivity index (χ4v) is 2.36. The van der Waals surface area contributed by atoms with Gasteiger partial charge in [0.1, 0.15) is 5.84 Å². The molecule has 1 aromatic carbocycles. The minimum absolute atomic E-state index is 0.0916. The van der Waals surface area contributed by atoms with E-state index in [9.17, 15) is 5.11 Å². The number of hydrogen-bond donors (Lipinski definition) is 3. The van der Waals surface area contributed by atoms with Crippen LogP contribution >= 0.6 is 0 Å². The summed E-state index contributed by atoms with van der Waals surface area (Å²) in [5, 5.41) is 16.7. The highest BCUT2D eigenvalue weighted by atomic mass is 16.3. The second-order valence-electron chi connectivity index (χ2n) is 4.49. The number of nitrogen functional groups attached to an aromatic ring is 1. The van der Waals surface area contributed by atoms with Gasteiger partial charge in [-0.1, -0.05) is 0 Å². The van der Waals surface area contributed by atoms with Gasteiger partial charge in [0.15, 0.2) is 0 Å². The number of nitrogens with one attached hydrogen (secondary N) is 1. The Bertz CT molecular complexity index is 388. The fraction of sp³-hybridized carbons (Fsp3) is 0.462. The maximum absolute atomic E-state index is 9.37. The zero-order valence-corrected chi connectivity index (χ0v) is 9.89. The van der Waals surface area contributed by atoms with E-state index in [-0.39, 0.29) is 18.5 Å². The van der Waals surface area contributed by atoms with Crippen LogP contribution in [-0.4, -0.2) is 30.1 Å². The van der Waals surface area contributed by atoms with Gasteiger partial charge < -0.3 is 15.7 Å². The highest BCUT2D eigenvalue weighted by Gasteiger charge is 2.21. The van der Waals surface area contributed by atoms with Gasteiger partial charge in [-0.3, -0.25) is 5.41 Å². The molecule has 92 valence electrons. The highest BCUT2D eigenvalue weighted by molar-refractivity contribution is 5.95. The zero-order valence-electron chi connectivity index (χ0n) is 9.89. The molecule has 0 aromatic heterocycles. The standard InChI is InChI=1S/C13H19N3O/c14-13(15)10-4-6-11(7-5-10)16-8-2-1-3-12(16)9-17/h4-7,12,17H,1-3,8-9H2,(H3,14,15). The topological polar surface area (TPSA) is 73.3 Å². The molecule has 0 aliphatic carbocycles. The lowest BCUT2D eigenvalue weighted by atomic mass is 10.0. The molecule has 1 aliphatic rings. The lowest BCUT2D eigenvalue weighted by Crippen LogP contribution is -2.41. The maximum atomic E-state index is 9.37. The second kappa shape index (κ2) is 5.19. The lowest BCUT2D eigenvalue weighted by molar-refractivity contribution is 0.240. The van der Waals surface area contributed by atoms with E-state index in [1.807, 2.05) is 24.3 Å². The molecule has 0 spiro atoms. The molecule has 2 rings (SSSR count). The first-order valence-electron chi connectivity index (χ1n) is 6.04. The third-order valence-corrected chi connectivity index (χ3v) is 3.35. The number of rotatable bonds is 3. The van der Waals surface area contributed by atoms with E-state index in [4.69, 9.17) is 11.1 Å². The molecular formula is C13H19N3O. The molecule has 1 unspecified atom stereocenters. The van der Waals surface area contributed by atoms with Crippen LogP contribution in [0, 0.1) is 5.41 Å². The fourth-order valence-electron chi connectivity index (χ4n) is 2.36. The number of benzene rings is 1. The van der Waals surface area contributed by atoms with Crippen LogP contribution in [-0.2, 0) is 0 Å². The van der Waals surface area contributed by atoms with Crippen LogP contribution in [0.4, 0.5) is 5.69 Å². The number of nitrogens with two attached hydrogens (primary N) is 1. The Morgan fingerprint density at radius 1 is 1.35 bits per heavy atom. The molecule has 1 saturated heterocycles. The van der Waals surface area contributed by atoms with Crippen LogP contribution in [0.1, 0.15) is 24.8 Å².